The van der Waals surface area contributed by atoms with E-state index in [1.54, 1.807) is 18.2 Å². The van der Waals surface area contributed by atoms with Gasteiger partial charge in [0.1, 0.15) is 11.3 Å². The van der Waals surface area contributed by atoms with E-state index in [1.165, 1.54) is 0 Å². The summed E-state index contributed by atoms with van der Waals surface area (Å²) in [4.78, 5) is 35.6. The number of aliphatic carboxylic acids is 1. The van der Waals surface area contributed by atoms with Gasteiger partial charge in [-0.2, -0.15) is 0 Å². The van der Waals surface area contributed by atoms with Gasteiger partial charge in [-0.25, -0.2) is 4.79 Å². The van der Waals surface area contributed by atoms with Crippen LogP contribution in [-0.4, -0.2) is 24.5 Å². The average Bonchev–Trinajstić information content (AvgIpc) is 2.75. The Labute approximate surface area is 179 Å². The molecule has 1 amide bonds. The number of rotatable bonds is 9. The molecule has 1 aromatic heterocycles. The van der Waals surface area contributed by atoms with Gasteiger partial charge in [0.05, 0.1) is 12.0 Å². The van der Waals surface area contributed by atoms with Crippen molar-refractivity contribution in [3.63, 3.8) is 0 Å². The Morgan fingerprint density at radius 1 is 1.16 bits per heavy atom. The SMILES string of the molecule is CCC[C@H](NC(=O)COc1ccc2c(C)c(Cc3ccccc3)c(=O)oc2c1)C(=O)[O-]. The van der Waals surface area contributed by atoms with Crippen molar-refractivity contribution in [2.75, 3.05) is 6.61 Å². The number of carboxylic acids is 1. The maximum absolute atomic E-state index is 12.5. The van der Waals surface area contributed by atoms with E-state index >= 15 is 0 Å². The number of carboxylic acid groups (broad SMARTS) is 1. The lowest BCUT2D eigenvalue weighted by Crippen LogP contribution is -2.49. The molecule has 1 atom stereocenters. The molecule has 3 aromatic rings. The van der Waals surface area contributed by atoms with Gasteiger partial charge in [-0.3, -0.25) is 4.79 Å². The summed E-state index contributed by atoms with van der Waals surface area (Å²) in [5.74, 6) is -1.57. The second-order valence-corrected chi connectivity index (χ2v) is 7.33. The van der Waals surface area contributed by atoms with Gasteiger partial charge in [-0.05, 0) is 36.6 Å². The van der Waals surface area contributed by atoms with Crippen molar-refractivity contribution in [2.45, 2.75) is 39.2 Å². The zero-order valence-corrected chi connectivity index (χ0v) is 17.5. The molecule has 31 heavy (non-hydrogen) atoms. The first kappa shape index (κ1) is 22.1. The summed E-state index contributed by atoms with van der Waals surface area (Å²) in [5.41, 5.74) is 2.38. The molecule has 0 aliphatic carbocycles. The largest absolute Gasteiger partial charge is 0.548 e. The van der Waals surface area contributed by atoms with Gasteiger partial charge < -0.3 is 24.4 Å². The molecule has 2 aromatic carbocycles. The van der Waals surface area contributed by atoms with Crippen LogP contribution in [-0.2, 0) is 16.0 Å². The molecule has 1 N–H and O–H groups in total. The molecule has 162 valence electrons. The summed E-state index contributed by atoms with van der Waals surface area (Å²) >= 11 is 0. The molecule has 0 saturated heterocycles. The molecule has 0 spiro atoms. The Hall–Kier alpha value is -3.61. The van der Waals surface area contributed by atoms with Gasteiger partial charge in [0, 0.05) is 23.4 Å². The van der Waals surface area contributed by atoms with Crippen molar-refractivity contribution < 1.29 is 23.8 Å². The number of nitrogens with one attached hydrogen (secondary N) is 1. The van der Waals surface area contributed by atoms with E-state index in [0.29, 0.717) is 29.7 Å². The van der Waals surface area contributed by atoms with Crippen molar-refractivity contribution in [3.8, 4) is 5.75 Å². The van der Waals surface area contributed by atoms with Crippen LogP contribution in [0.25, 0.3) is 11.0 Å². The highest BCUT2D eigenvalue weighted by molar-refractivity contribution is 5.84. The standard InChI is InChI=1S/C24H25NO6/c1-3-7-20(23(27)28)25-22(26)14-30-17-10-11-18-15(2)19(24(29)31-21(18)13-17)12-16-8-5-4-6-9-16/h4-6,8-11,13,20H,3,7,12,14H2,1-2H3,(H,25,26)(H,27,28)/p-1/t20-/m0/s1. The number of benzene rings is 2. The fraction of sp³-hybridized carbons (Fsp3) is 0.292. The third kappa shape index (κ3) is 5.51. The van der Waals surface area contributed by atoms with Crippen LogP contribution < -0.4 is 20.8 Å². The van der Waals surface area contributed by atoms with E-state index < -0.39 is 23.5 Å². The number of amides is 1. The molecule has 0 unspecified atom stereocenters. The monoisotopic (exact) mass is 422 g/mol. The number of hydrogen-bond donors (Lipinski definition) is 1. The summed E-state index contributed by atoms with van der Waals surface area (Å²) in [6.45, 7) is 3.32. The zero-order chi connectivity index (χ0) is 22.4. The highest BCUT2D eigenvalue weighted by atomic mass is 16.5. The van der Waals surface area contributed by atoms with Gasteiger partial charge in [0.2, 0.25) is 0 Å². The van der Waals surface area contributed by atoms with Crippen molar-refractivity contribution >= 4 is 22.8 Å². The van der Waals surface area contributed by atoms with E-state index in [1.807, 2.05) is 44.2 Å². The van der Waals surface area contributed by atoms with Crippen LogP contribution in [0.2, 0.25) is 0 Å². The Bertz CT molecular complexity index is 1140. The molecule has 0 bridgehead atoms. The van der Waals surface area contributed by atoms with Crippen molar-refractivity contribution in [2.24, 2.45) is 0 Å². The van der Waals surface area contributed by atoms with Crippen LogP contribution in [0.4, 0.5) is 0 Å². The van der Waals surface area contributed by atoms with E-state index in [2.05, 4.69) is 5.32 Å². The van der Waals surface area contributed by atoms with Crippen LogP contribution in [0.5, 0.6) is 5.75 Å². The van der Waals surface area contributed by atoms with Gasteiger partial charge in [-0.1, -0.05) is 43.7 Å². The predicted octanol–water partition coefficient (Wildman–Crippen LogP) is 2.11. The Morgan fingerprint density at radius 3 is 2.58 bits per heavy atom. The van der Waals surface area contributed by atoms with Gasteiger partial charge >= 0.3 is 5.63 Å². The number of carbonyl (C=O) groups excluding carboxylic acids is 2. The lowest BCUT2D eigenvalue weighted by Gasteiger charge is -2.19. The number of fused-ring (bicyclic) bond motifs is 1. The van der Waals surface area contributed by atoms with Crippen LogP contribution in [0.15, 0.2) is 57.7 Å². The Morgan fingerprint density at radius 2 is 1.90 bits per heavy atom. The first-order valence-electron chi connectivity index (χ1n) is 10.1. The van der Waals surface area contributed by atoms with Crippen LogP contribution in [0.3, 0.4) is 0 Å². The summed E-state index contributed by atoms with van der Waals surface area (Å²) < 4.78 is 11.0. The molecule has 0 aliphatic rings. The topological polar surface area (TPSA) is 109 Å². The van der Waals surface area contributed by atoms with E-state index in [-0.39, 0.29) is 13.0 Å². The first-order valence-corrected chi connectivity index (χ1v) is 10.1. The van der Waals surface area contributed by atoms with Crippen molar-refractivity contribution in [3.05, 3.63) is 75.6 Å². The minimum atomic E-state index is -1.33. The maximum atomic E-state index is 12.5. The lowest BCUT2D eigenvalue weighted by molar-refractivity contribution is -0.308. The molecule has 1 heterocycles. The summed E-state index contributed by atoms with van der Waals surface area (Å²) in [5, 5.41) is 14.2. The molecule has 0 saturated carbocycles. The first-order chi connectivity index (χ1) is 14.9. The Kier molecular flexibility index (Phi) is 7.07. The number of hydrogen-bond acceptors (Lipinski definition) is 6. The second-order valence-electron chi connectivity index (χ2n) is 7.33. The third-order valence-corrected chi connectivity index (χ3v) is 5.05. The summed E-state index contributed by atoms with van der Waals surface area (Å²) in [6, 6.07) is 13.6. The smallest absolute Gasteiger partial charge is 0.340 e. The van der Waals surface area contributed by atoms with E-state index in [4.69, 9.17) is 9.15 Å². The van der Waals surface area contributed by atoms with E-state index in [0.717, 1.165) is 16.5 Å². The van der Waals surface area contributed by atoms with Crippen LogP contribution in [0, 0.1) is 6.92 Å². The fourth-order valence-electron chi connectivity index (χ4n) is 3.39. The Balaban J connectivity index is 1.74. The molecular weight excluding hydrogens is 398 g/mol. The van der Waals surface area contributed by atoms with Crippen molar-refractivity contribution in [1.29, 1.82) is 0 Å². The minimum Gasteiger partial charge on any atom is -0.548 e. The summed E-state index contributed by atoms with van der Waals surface area (Å²) in [7, 11) is 0. The maximum Gasteiger partial charge on any atom is 0.340 e. The molecule has 7 heteroatoms. The molecule has 0 fully saturated rings. The van der Waals surface area contributed by atoms with Crippen molar-refractivity contribution in [1.82, 2.24) is 5.32 Å². The normalized spacial score (nSPS) is 11.8. The highest BCUT2D eigenvalue weighted by Crippen LogP contribution is 2.25. The minimum absolute atomic E-state index is 0.278. The second kappa shape index (κ2) is 9.93. The van der Waals surface area contributed by atoms with Crippen LogP contribution >= 0.6 is 0 Å². The van der Waals surface area contributed by atoms with Gasteiger partial charge in [0.15, 0.2) is 6.61 Å². The molecule has 0 radical (unpaired) electrons. The van der Waals surface area contributed by atoms with Gasteiger partial charge in [0.25, 0.3) is 5.91 Å². The van der Waals surface area contributed by atoms with Gasteiger partial charge in [-0.15, -0.1) is 0 Å². The number of carbonyl (C=O) groups is 2. The highest BCUT2D eigenvalue weighted by Gasteiger charge is 2.15. The lowest BCUT2D eigenvalue weighted by atomic mass is 10.00. The van der Waals surface area contributed by atoms with Crippen LogP contribution in [0.1, 0.15) is 36.5 Å². The zero-order valence-electron chi connectivity index (χ0n) is 17.5. The fourth-order valence-corrected chi connectivity index (χ4v) is 3.39. The average molecular weight is 422 g/mol. The quantitative estimate of drug-likeness (QED) is 0.529. The molecular formula is C24H24NO6-. The number of ether oxygens (including phenoxy) is 1. The molecule has 3 rings (SSSR count). The third-order valence-electron chi connectivity index (χ3n) is 5.05. The summed E-state index contributed by atoms with van der Waals surface area (Å²) in [6.07, 6.45) is 1.34. The molecule has 7 nitrogen and oxygen atoms in total. The van der Waals surface area contributed by atoms with E-state index in [9.17, 15) is 19.5 Å². The number of aryl methyl sites for hydroxylation is 1. The molecule has 0 aliphatic heterocycles. The predicted molar refractivity (Wildman–Crippen MR) is 114 cm³/mol.